The van der Waals surface area contributed by atoms with Crippen molar-refractivity contribution in [3.8, 4) is 0 Å². The predicted molar refractivity (Wildman–Crippen MR) is 151 cm³/mol. The van der Waals surface area contributed by atoms with Crippen molar-refractivity contribution in [3.05, 3.63) is 156 Å². The highest BCUT2D eigenvalue weighted by molar-refractivity contribution is 5.50. The van der Waals surface area contributed by atoms with Gasteiger partial charge in [-0.15, -0.1) is 0 Å². The third-order valence-corrected chi connectivity index (χ3v) is 7.19. The third-order valence-electron chi connectivity index (χ3n) is 7.19. The number of ether oxygens (including phenoxy) is 1. The summed E-state index contributed by atoms with van der Waals surface area (Å²) in [6.45, 7) is 3.58. The zero-order chi connectivity index (χ0) is 26.8. The molecule has 3 unspecified atom stereocenters. The standard InChI is InChI=1S/C34H36O4/c1-2-38-34(37,30-21-13-6-14-22-30)26-32(36)24-23-31(35)25-33(27-15-7-3-8-16-27,28-17-9-4-10-18-28)29-19-11-5-12-20-29/h2-22,31-32,35-37H,1,23-26H2. The first-order chi connectivity index (χ1) is 18.5. The molecule has 0 aromatic heterocycles. The van der Waals surface area contributed by atoms with Crippen LogP contribution in [0.15, 0.2) is 134 Å². The van der Waals surface area contributed by atoms with Crippen molar-refractivity contribution in [2.45, 2.75) is 49.1 Å². The molecule has 0 fully saturated rings. The molecule has 0 saturated heterocycles. The first-order valence-electron chi connectivity index (χ1n) is 13.1. The van der Waals surface area contributed by atoms with E-state index in [4.69, 9.17) is 4.74 Å². The molecule has 196 valence electrons. The van der Waals surface area contributed by atoms with E-state index in [0.717, 1.165) is 16.7 Å². The summed E-state index contributed by atoms with van der Waals surface area (Å²) >= 11 is 0. The van der Waals surface area contributed by atoms with Crippen LogP contribution in [0.4, 0.5) is 0 Å². The normalized spacial score (nSPS) is 14.7. The molecule has 0 heterocycles. The SMILES string of the molecule is C=COC(O)(CC(O)CCC(O)CC(c1ccccc1)(c1ccccc1)c1ccccc1)c1ccccc1. The van der Waals surface area contributed by atoms with Crippen molar-refractivity contribution < 1.29 is 20.1 Å². The number of rotatable bonds is 13. The number of hydrogen-bond acceptors (Lipinski definition) is 4. The molecule has 3 atom stereocenters. The summed E-state index contributed by atoms with van der Waals surface area (Å²) in [5.74, 6) is -1.70. The lowest BCUT2D eigenvalue weighted by Crippen LogP contribution is -2.35. The minimum absolute atomic E-state index is 0.0447. The van der Waals surface area contributed by atoms with Crippen molar-refractivity contribution in [2.24, 2.45) is 0 Å². The van der Waals surface area contributed by atoms with Gasteiger partial charge in [0.2, 0.25) is 5.79 Å². The van der Waals surface area contributed by atoms with Crippen LogP contribution in [0, 0.1) is 0 Å². The van der Waals surface area contributed by atoms with E-state index in [-0.39, 0.29) is 6.42 Å². The van der Waals surface area contributed by atoms with Gasteiger partial charge in [0.05, 0.1) is 18.5 Å². The average molecular weight is 509 g/mol. The third kappa shape index (κ3) is 6.22. The molecule has 0 radical (unpaired) electrons. The first kappa shape index (κ1) is 27.3. The predicted octanol–water partition coefficient (Wildman–Crippen LogP) is 6.31. The van der Waals surface area contributed by atoms with Crippen molar-refractivity contribution >= 4 is 0 Å². The lowest BCUT2D eigenvalue weighted by Gasteiger charge is -2.38. The van der Waals surface area contributed by atoms with Gasteiger partial charge in [0.25, 0.3) is 0 Å². The minimum Gasteiger partial charge on any atom is -0.466 e. The zero-order valence-corrected chi connectivity index (χ0v) is 21.6. The van der Waals surface area contributed by atoms with E-state index in [2.05, 4.69) is 43.0 Å². The Morgan fingerprint density at radius 2 is 0.921 bits per heavy atom. The average Bonchev–Trinajstić information content (AvgIpc) is 2.97. The number of aliphatic hydroxyl groups is 3. The van der Waals surface area contributed by atoms with Gasteiger partial charge in [-0.05, 0) is 36.0 Å². The Labute approximate surface area is 225 Å². The Morgan fingerprint density at radius 3 is 1.29 bits per heavy atom. The quantitative estimate of drug-likeness (QED) is 0.112. The second-order valence-electron chi connectivity index (χ2n) is 9.73. The molecular weight excluding hydrogens is 472 g/mol. The van der Waals surface area contributed by atoms with Gasteiger partial charge in [-0.1, -0.05) is 128 Å². The van der Waals surface area contributed by atoms with Gasteiger partial charge in [0.15, 0.2) is 0 Å². The Hall–Kier alpha value is -3.70. The molecule has 4 rings (SSSR count). The first-order valence-corrected chi connectivity index (χ1v) is 13.1. The molecule has 4 nitrogen and oxygen atoms in total. The smallest absolute Gasteiger partial charge is 0.236 e. The summed E-state index contributed by atoms with van der Waals surface area (Å²) in [5, 5.41) is 33.4. The van der Waals surface area contributed by atoms with Gasteiger partial charge in [0, 0.05) is 17.4 Å². The summed E-state index contributed by atoms with van der Waals surface area (Å²) < 4.78 is 5.44. The molecule has 38 heavy (non-hydrogen) atoms. The Kier molecular flexibility index (Phi) is 9.14. The Bertz CT molecular complexity index is 1150. The molecule has 4 aromatic rings. The van der Waals surface area contributed by atoms with Crippen LogP contribution >= 0.6 is 0 Å². The molecule has 0 aliphatic carbocycles. The molecule has 4 aromatic carbocycles. The second-order valence-corrected chi connectivity index (χ2v) is 9.73. The van der Waals surface area contributed by atoms with Crippen LogP contribution in [0.1, 0.15) is 47.9 Å². The molecule has 0 spiro atoms. The van der Waals surface area contributed by atoms with Gasteiger partial charge in [-0.3, -0.25) is 0 Å². The van der Waals surface area contributed by atoms with E-state index in [1.54, 1.807) is 24.3 Å². The zero-order valence-electron chi connectivity index (χ0n) is 21.6. The minimum atomic E-state index is -1.70. The van der Waals surface area contributed by atoms with E-state index < -0.39 is 23.4 Å². The van der Waals surface area contributed by atoms with Gasteiger partial charge in [0.1, 0.15) is 0 Å². The number of hydrogen-bond donors (Lipinski definition) is 3. The summed E-state index contributed by atoms with van der Waals surface area (Å²) in [6.07, 6.45) is 0.618. The van der Waals surface area contributed by atoms with Crippen LogP contribution < -0.4 is 0 Å². The highest BCUT2D eigenvalue weighted by atomic mass is 16.6. The second kappa shape index (κ2) is 12.7. The van der Waals surface area contributed by atoms with Crippen molar-refractivity contribution in [3.63, 3.8) is 0 Å². The van der Waals surface area contributed by atoms with Crippen molar-refractivity contribution in [1.29, 1.82) is 0 Å². The summed E-state index contributed by atoms with van der Waals surface area (Å²) in [7, 11) is 0. The fourth-order valence-electron chi connectivity index (χ4n) is 5.35. The number of benzene rings is 4. The highest BCUT2D eigenvalue weighted by Crippen LogP contribution is 2.43. The largest absolute Gasteiger partial charge is 0.466 e. The van der Waals surface area contributed by atoms with Gasteiger partial charge >= 0.3 is 0 Å². The maximum Gasteiger partial charge on any atom is 0.236 e. The molecule has 3 N–H and O–H groups in total. The molecule has 0 amide bonds. The van der Waals surface area contributed by atoms with E-state index in [1.165, 1.54) is 6.26 Å². The molecule has 0 saturated carbocycles. The highest BCUT2D eigenvalue weighted by Gasteiger charge is 2.39. The van der Waals surface area contributed by atoms with Crippen LogP contribution in [0.5, 0.6) is 0 Å². The summed E-state index contributed by atoms with van der Waals surface area (Å²) in [5.41, 5.74) is 3.24. The van der Waals surface area contributed by atoms with Crippen LogP contribution in [0.2, 0.25) is 0 Å². The van der Waals surface area contributed by atoms with Crippen LogP contribution in [-0.2, 0) is 15.9 Å². The van der Waals surface area contributed by atoms with Crippen LogP contribution in [0.25, 0.3) is 0 Å². The molecule has 0 aliphatic heterocycles. The van der Waals surface area contributed by atoms with E-state index >= 15 is 0 Å². The van der Waals surface area contributed by atoms with E-state index in [0.29, 0.717) is 24.8 Å². The molecule has 0 aliphatic rings. The fraction of sp³-hybridized carbons (Fsp3) is 0.235. The van der Waals surface area contributed by atoms with Crippen molar-refractivity contribution in [1.82, 2.24) is 0 Å². The summed E-state index contributed by atoms with van der Waals surface area (Å²) in [4.78, 5) is 0. The van der Waals surface area contributed by atoms with Crippen molar-refractivity contribution in [2.75, 3.05) is 0 Å². The monoisotopic (exact) mass is 508 g/mol. The van der Waals surface area contributed by atoms with E-state index in [9.17, 15) is 15.3 Å². The lowest BCUT2D eigenvalue weighted by atomic mass is 9.66. The van der Waals surface area contributed by atoms with Gasteiger partial charge < -0.3 is 20.1 Å². The van der Waals surface area contributed by atoms with Gasteiger partial charge in [-0.2, -0.15) is 0 Å². The lowest BCUT2D eigenvalue weighted by molar-refractivity contribution is -0.195. The molecule has 0 bridgehead atoms. The Balaban J connectivity index is 1.57. The van der Waals surface area contributed by atoms with Crippen LogP contribution in [0.3, 0.4) is 0 Å². The maximum atomic E-state index is 11.4. The Morgan fingerprint density at radius 1 is 0.579 bits per heavy atom. The topological polar surface area (TPSA) is 69.9 Å². The maximum absolute atomic E-state index is 11.4. The van der Waals surface area contributed by atoms with Crippen LogP contribution in [-0.4, -0.2) is 27.5 Å². The summed E-state index contributed by atoms with van der Waals surface area (Å²) in [6, 6.07) is 39.7. The number of aliphatic hydroxyl groups excluding tert-OH is 2. The molecule has 4 heteroatoms. The molecular formula is C34H36O4. The fourth-order valence-corrected chi connectivity index (χ4v) is 5.35. The van der Waals surface area contributed by atoms with E-state index in [1.807, 2.05) is 60.7 Å². The van der Waals surface area contributed by atoms with Gasteiger partial charge in [-0.25, -0.2) is 0 Å².